The Bertz CT molecular complexity index is 1490. The van der Waals surface area contributed by atoms with Crippen molar-refractivity contribution < 1.29 is 18.0 Å². The number of para-hydroxylation sites is 1. The molecule has 0 spiro atoms. The second kappa shape index (κ2) is 12.2. The molecule has 0 radical (unpaired) electrons. The van der Waals surface area contributed by atoms with Crippen molar-refractivity contribution in [2.75, 3.05) is 22.4 Å². The van der Waals surface area contributed by atoms with Crippen LogP contribution in [-0.4, -0.2) is 33.0 Å². The van der Waals surface area contributed by atoms with Crippen molar-refractivity contribution in [2.24, 2.45) is 0 Å². The molecule has 0 aliphatic heterocycles. The van der Waals surface area contributed by atoms with Gasteiger partial charge in [0.1, 0.15) is 0 Å². The van der Waals surface area contributed by atoms with Crippen LogP contribution in [0.25, 0.3) is 0 Å². The highest BCUT2D eigenvalue weighted by Gasteiger charge is 2.19. The van der Waals surface area contributed by atoms with Crippen LogP contribution >= 0.6 is 0 Å². The fourth-order valence-electron chi connectivity index (χ4n) is 3.97. The molecule has 0 saturated heterocycles. The van der Waals surface area contributed by atoms with Crippen LogP contribution in [0.3, 0.4) is 0 Å². The van der Waals surface area contributed by atoms with Crippen molar-refractivity contribution in [3.8, 4) is 0 Å². The van der Waals surface area contributed by atoms with Gasteiger partial charge in [-0.2, -0.15) is 0 Å². The minimum atomic E-state index is -3.55. The van der Waals surface area contributed by atoms with Crippen molar-refractivity contribution in [1.82, 2.24) is 5.32 Å². The molecular formula is C30H29N3O4S. The molecule has 0 saturated carbocycles. The van der Waals surface area contributed by atoms with Crippen LogP contribution in [0.1, 0.15) is 31.8 Å². The van der Waals surface area contributed by atoms with E-state index in [2.05, 4.69) is 10.6 Å². The molecule has 0 heterocycles. The maximum Gasteiger partial charge on any atom is 0.255 e. The van der Waals surface area contributed by atoms with Crippen LogP contribution < -0.4 is 14.9 Å². The molecule has 38 heavy (non-hydrogen) atoms. The summed E-state index contributed by atoms with van der Waals surface area (Å²) in [6.45, 7) is 0.643. The number of nitrogens with zero attached hydrogens (tertiary/aromatic N) is 1. The molecule has 0 bridgehead atoms. The summed E-state index contributed by atoms with van der Waals surface area (Å²) in [6, 6.07) is 32.3. The molecule has 0 aromatic heterocycles. The Labute approximate surface area is 223 Å². The lowest BCUT2D eigenvalue weighted by molar-refractivity contribution is 0.0955. The average Bonchev–Trinajstić information content (AvgIpc) is 2.92. The van der Waals surface area contributed by atoms with Gasteiger partial charge in [-0.1, -0.05) is 72.8 Å². The van der Waals surface area contributed by atoms with Gasteiger partial charge in [0.15, 0.2) is 0 Å². The monoisotopic (exact) mass is 527 g/mol. The third-order valence-electron chi connectivity index (χ3n) is 5.95. The van der Waals surface area contributed by atoms with Gasteiger partial charge in [-0.15, -0.1) is 0 Å². The molecule has 2 amide bonds. The number of carbonyl (C=O) groups excluding carboxylic acids is 2. The standard InChI is InChI=1S/C30H29N3O4S/c1-38(36,37)33(22-24-12-6-3-7-13-24)26-18-16-25(17-19-26)29(34)32-28-15-9-8-14-27(28)30(35)31-21-20-23-10-4-2-5-11-23/h2-19H,20-22H2,1H3,(H,31,35)(H,32,34). The van der Waals surface area contributed by atoms with Crippen molar-refractivity contribution in [3.63, 3.8) is 0 Å². The number of nitrogens with one attached hydrogen (secondary N) is 2. The van der Waals surface area contributed by atoms with E-state index in [0.717, 1.165) is 17.4 Å². The summed E-state index contributed by atoms with van der Waals surface area (Å²) < 4.78 is 26.2. The van der Waals surface area contributed by atoms with E-state index in [4.69, 9.17) is 0 Å². The highest BCUT2D eigenvalue weighted by atomic mass is 32.2. The molecule has 4 aromatic carbocycles. The van der Waals surface area contributed by atoms with Crippen LogP contribution in [0.15, 0.2) is 109 Å². The smallest absolute Gasteiger partial charge is 0.255 e. The predicted octanol–water partition coefficient (Wildman–Crippen LogP) is 4.88. The third-order valence-corrected chi connectivity index (χ3v) is 7.09. The van der Waals surface area contributed by atoms with Crippen LogP contribution in [-0.2, 0) is 23.0 Å². The van der Waals surface area contributed by atoms with Gasteiger partial charge in [-0.25, -0.2) is 8.42 Å². The van der Waals surface area contributed by atoms with Crippen molar-refractivity contribution >= 4 is 33.2 Å². The van der Waals surface area contributed by atoms with E-state index >= 15 is 0 Å². The summed E-state index contributed by atoms with van der Waals surface area (Å²) in [5.74, 6) is -0.688. The van der Waals surface area contributed by atoms with Crippen molar-refractivity contribution in [2.45, 2.75) is 13.0 Å². The van der Waals surface area contributed by atoms with Gasteiger partial charge >= 0.3 is 0 Å². The first-order chi connectivity index (χ1) is 18.3. The van der Waals surface area contributed by atoms with E-state index in [9.17, 15) is 18.0 Å². The van der Waals surface area contributed by atoms with Gasteiger partial charge in [0.2, 0.25) is 10.0 Å². The lowest BCUT2D eigenvalue weighted by Gasteiger charge is -2.22. The number of carbonyl (C=O) groups is 2. The van der Waals surface area contributed by atoms with E-state index in [1.54, 1.807) is 48.5 Å². The third kappa shape index (κ3) is 7.08. The van der Waals surface area contributed by atoms with Crippen LogP contribution in [0.2, 0.25) is 0 Å². The minimum absolute atomic E-state index is 0.179. The number of rotatable bonds is 10. The summed E-state index contributed by atoms with van der Waals surface area (Å²) in [6.07, 6.45) is 1.85. The van der Waals surface area contributed by atoms with Gasteiger partial charge in [-0.05, 0) is 53.9 Å². The Morgan fingerprint density at radius 1 is 0.711 bits per heavy atom. The number of amides is 2. The van der Waals surface area contributed by atoms with Gasteiger partial charge in [0, 0.05) is 12.1 Å². The van der Waals surface area contributed by atoms with Crippen LogP contribution in [0.4, 0.5) is 11.4 Å². The molecule has 0 fully saturated rings. The lowest BCUT2D eigenvalue weighted by atomic mass is 10.1. The van der Waals surface area contributed by atoms with Gasteiger partial charge in [0.25, 0.3) is 11.8 Å². The summed E-state index contributed by atoms with van der Waals surface area (Å²) in [7, 11) is -3.55. The lowest BCUT2D eigenvalue weighted by Crippen LogP contribution is -2.29. The molecule has 0 unspecified atom stereocenters. The number of sulfonamides is 1. The van der Waals surface area contributed by atoms with Gasteiger partial charge < -0.3 is 10.6 Å². The largest absolute Gasteiger partial charge is 0.352 e. The Morgan fingerprint density at radius 3 is 1.92 bits per heavy atom. The molecule has 4 rings (SSSR count). The first-order valence-corrected chi connectivity index (χ1v) is 14.0. The SMILES string of the molecule is CS(=O)(=O)N(Cc1ccccc1)c1ccc(C(=O)Nc2ccccc2C(=O)NCCc2ccccc2)cc1. The van der Waals surface area contributed by atoms with E-state index < -0.39 is 15.9 Å². The van der Waals surface area contributed by atoms with Crippen LogP contribution in [0, 0.1) is 0 Å². The summed E-state index contributed by atoms with van der Waals surface area (Å²) in [4.78, 5) is 25.8. The highest BCUT2D eigenvalue weighted by Crippen LogP contribution is 2.22. The van der Waals surface area contributed by atoms with E-state index in [-0.39, 0.29) is 12.5 Å². The predicted molar refractivity (Wildman–Crippen MR) is 151 cm³/mol. The molecule has 0 aliphatic carbocycles. The van der Waals surface area contributed by atoms with Crippen molar-refractivity contribution in [1.29, 1.82) is 0 Å². The number of hydrogen-bond acceptors (Lipinski definition) is 4. The van der Waals surface area contributed by atoms with Crippen LogP contribution in [0.5, 0.6) is 0 Å². The van der Waals surface area contributed by atoms with Gasteiger partial charge in [0.05, 0.1) is 29.7 Å². The van der Waals surface area contributed by atoms with Crippen molar-refractivity contribution in [3.05, 3.63) is 131 Å². The van der Waals surface area contributed by atoms with E-state index in [0.29, 0.717) is 35.5 Å². The summed E-state index contributed by atoms with van der Waals surface area (Å²) >= 11 is 0. The zero-order chi connectivity index (χ0) is 27.0. The quantitative estimate of drug-likeness (QED) is 0.307. The second-order valence-electron chi connectivity index (χ2n) is 8.79. The molecule has 0 atom stereocenters. The molecule has 4 aromatic rings. The first-order valence-electron chi connectivity index (χ1n) is 12.2. The molecule has 2 N–H and O–H groups in total. The maximum atomic E-state index is 13.0. The van der Waals surface area contributed by atoms with Gasteiger partial charge in [-0.3, -0.25) is 13.9 Å². The molecule has 194 valence electrons. The summed E-state index contributed by atoms with van der Waals surface area (Å²) in [5, 5.41) is 5.71. The number of benzene rings is 4. The average molecular weight is 528 g/mol. The topological polar surface area (TPSA) is 95.6 Å². The van der Waals surface area contributed by atoms with E-state index in [1.165, 1.54) is 4.31 Å². The first kappa shape index (κ1) is 26.6. The highest BCUT2D eigenvalue weighted by molar-refractivity contribution is 7.92. The maximum absolute atomic E-state index is 13.0. The Kier molecular flexibility index (Phi) is 8.55. The summed E-state index contributed by atoms with van der Waals surface area (Å²) in [5.41, 5.74) is 3.50. The minimum Gasteiger partial charge on any atom is -0.352 e. The fourth-order valence-corrected chi connectivity index (χ4v) is 4.86. The number of anilines is 2. The zero-order valence-corrected chi connectivity index (χ0v) is 21.8. The second-order valence-corrected chi connectivity index (χ2v) is 10.7. The zero-order valence-electron chi connectivity index (χ0n) is 21.0. The molecular weight excluding hydrogens is 498 g/mol. The number of hydrogen-bond donors (Lipinski definition) is 2. The van der Waals surface area contributed by atoms with E-state index in [1.807, 2.05) is 60.7 Å². The Hall–Kier alpha value is -4.43. The Morgan fingerprint density at radius 2 is 1.29 bits per heavy atom. The molecule has 8 heteroatoms. The Balaban J connectivity index is 1.43. The molecule has 0 aliphatic rings. The fraction of sp³-hybridized carbons (Fsp3) is 0.133. The normalized spacial score (nSPS) is 11.0. The molecule has 7 nitrogen and oxygen atoms in total.